The first kappa shape index (κ1) is 18.2. The molecule has 25 heavy (non-hydrogen) atoms. The van der Waals surface area contributed by atoms with Gasteiger partial charge in [-0.05, 0) is 56.3 Å². The van der Waals surface area contributed by atoms with E-state index in [-0.39, 0.29) is 12.5 Å². The molecule has 5 nitrogen and oxygen atoms in total. The Balaban J connectivity index is 1.73. The molecule has 2 heterocycles. The number of carbonyl (C=O) groups excluding carboxylic acids is 1. The predicted octanol–water partition coefficient (Wildman–Crippen LogP) is 2.04. The average Bonchev–Trinajstić information content (AvgIpc) is 2.65. The van der Waals surface area contributed by atoms with Crippen LogP contribution in [-0.2, 0) is 11.2 Å². The highest BCUT2D eigenvalue weighted by Crippen LogP contribution is 2.23. The van der Waals surface area contributed by atoms with Crippen LogP contribution in [0.4, 0.5) is 0 Å². The molecule has 0 radical (unpaired) electrons. The Labute approximate surface area is 151 Å². The van der Waals surface area contributed by atoms with Crippen LogP contribution in [0.1, 0.15) is 37.7 Å². The van der Waals surface area contributed by atoms with Gasteiger partial charge in [-0.1, -0.05) is 18.6 Å². The van der Waals surface area contributed by atoms with Gasteiger partial charge in [0, 0.05) is 25.7 Å². The molecular formula is C20H31N3O2. The van der Waals surface area contributed by atoms with E-state index in [0.29, 0.717) is 19.2 Å². The minimum absolute atomic E-state index is 0.0441. The van der Waals surface area contributed by atoms with Crippen LogP contribution in [0.25, 0.3) is 0 Å². The van der Waals surface area contributed by atoms with Crippen LogP contribution in [0.5, 0.6) is 5.75 Å². The van der Waals surface area contributed by atoms with Crippen molar-refractivity contribution in [1.82, 2.24) is 9.80 Å². The highest BCUT2D eigenvalue weighted by molar-refractivity contribution is 5.78. The van der Waals surface area contributed by atoms with Gasteiger partial charge in [0.15, 0.2) is 0 Å². The molecule has 1 aromatic rings. The number of fused-ring (bicyclic) bond motifs is 3. The second kappa shape index (κ2) is 9.20. The van der Waals surface area contributed by atoms with E-state index in [9.17, 15) is 4.79 Å². The maximum atomic E-state index is 12.2. The summed E-state index contributed by atoms with van der Waals surface area (Å²) in [5.74, 6) is 0.981. The number of amides is 1. The number of ether oxygens (including phenoxy) is 1. The fraction of sp³-hybridized carbons (Fsp3) is 0.650. The van der Waals surface area contributed by atoms with Gasteiger partial charge in [0.25, 0.3) is 0 Å². The lowest BCUT2D eigenvalue weighted by atomic mass is 9.95. The molecule has 2 aliphatic rings. The Kier molecular flexibility index (Phi) is 6.70. The van der Waals surface area contributed by atoms with Gasteiger partial charge in [0.2, 0.25) is 5.91 Å². The number of aryl methyl sites for hydroxylation is 1. The minimum Gasteiger partial charge on any atom is -0.494 e. The summed E-state index contributed by atoms with van der Waals surface area (Å²) < 4.78 is 5.88. The highest BCUT2D eigenvalue weighted by atomic mass is 16.5. The largest absolute Gasteiger partial charge is 0.494 e. The molecule has 2 aliphatic heterocycles. The first-order valence-electron chi connectivity index (χ1n) is 9.70. The molecule has 3 rings (SSSR count). The van der Waals surface area contributed by atoms with Crippen LogP contribution >= 0.6 is 0 Å². The lowest BCUT2D eigenvalue weighted by Crippen LogP contribution is -2.46. The molecule has 2 N–H and O–H groups in total. The van der Waals surface area contributed by atoms with Crippen LogP contribution in [0.15, 0.2) is 24.3 Å². The normalized spacial score (nSPS) is 23.2. The molecule has 2 bridgehead atoms. The number of hydrogen-bond acceptors (Lipinski definition) is 4. The minimum atomic E-state index is 0.0441. The lowest BCUT2D eigenvalue weighted by Gasteiger charge is -2.37. The summed E-state index contributed by atoms with van der Waals surface area (Å²) >= 11 is 0. The third-order valence-corrected chi connectivity index (χ3v) is 5.44. The Morgan fingerprint density at radius 3 is 2.92 bits per heavy atom. The van der Waals surface area contributed by atoms with Gasteiger partial charge in [-0.2, -0.15) is 0 Å². The summed E-state index contributed by atoms with van der Waals surface area (Å²) in [6, 6.07) is 9.09. The Morgan fingerprint density at radius 1 is 1.12 bits per heavy atom. The van der Waals surface area contributed by atoms with Gasteiger partial charge < -0.3 is 15.4 Å². The molecule has 5 heteroatoms. The lowest BCUT2D eigenvalue weighted by molar-refractivity contribution is -0.130. The third kappa shape index (κ3) is 5.19. The molecule has 138 valence electrons. The van der Waals surface area contributed by atoms with Gasteiger partial charge in [-0.3, -0.25) is 9.69 Å². The summed E-state index contributed by atoms with van der Waals surface area (Å²) in [4.78, 5) is 16.7. The van der Waals surface area contributed by atoms with Gasteiger partial charge >= 0.3 is 0 Å². The molecule has 0 aliphatic carbocycles. The van der Waals surface area contributed by atoms with Gasteiger partial charge in [0.1, 0.15) is 5.75 Å². The van der Waals surface area contributed by atoms with E-state index in [2.05, 4.69) is 23.1 Å². The van der Waals surface area contributed by atoms with Crippen molar-refractivity contribution in [1.29, 1.82) is 0 Å². The number of nitrogens with zero attached hydrogens (tertiary/aromatic N) is 2. The van der Waals surface area contributed by atoms with E-state index in [0.717, 1.165) is 38.2 Å². The van der Waals surface area contributed by atoms with Gasteiger partial charge in [-0.25, -0.2) is 0 Å². The van der Waals surface area contributed by atoms with E-state index < -0.39 is 0 Å². The monoisotopic (exact) mass is 345 g/mol. The molecule has 0 saturated carbocycles. The summed E-state index contributed by atoms with van der Waals surface area (Å²) in [5.41, 5.74) is 6.96. The summed E-state index contributed by atoms with van der Waals surface area (Å²) in [6.45, 7) is 4.32. The highest BCUT2D eigenvalue weighted by Gasteiger charge is 2.23. The Bertz CT molecular complexity index is 564. The van der Waals surface area contributed by atoms with E-state index in [1.807, 2.05) is 11.0 Å². The molecular weight excluding hydrogens is 314 g/mol. The van der Waals surface area contributed by atoms with E-state index >= 15 is 0 Å². The quantitative estimate of drug-likeness (QED) is 0.846. The van der Waals surface area contributed by atoms with Crippen LogP contribution in [0.2, 0.25) is 0 Å². The maximum absolute atomic E-state index is 12.2. The number of nitrogens with two attached hydrogens (primary N) is 1. The van der Waals surface area contributed by atoms with E-state index in [1.165, 1.54) is 31.2 Å². The van der Waals surface area contributed by atoms with Crippen LogP contribution in [0, 0.1) is 0 Å². The topological polar surface area (TPSA) is 58.8 Å². The Hall–Kier alpha value is -1.59. The van der Waals surface area contributed by atoms with Crippen molar-refractivity contribution in [2.75, 3.05) is 39.3 Å². The van der Waals surface area contributed by atoms with E-state index in [4.69, 9.17) is 10.5 Å². The van der Waals surface area contributed by atoms with E-state index in [1.54, 1.807) is 0 Å². The number of carbonyl (C=O) groups is 1. The average molecular weight is 345 g/mol. The summed E-state index contributed by atoms with van der Waals surface area (Å²) in [5, 5.41) is 0. The third-order valence-electron chi connectivity index (χ3n) is 5.44. The predicted molar refractivity (Wildman–Crippen MR) is 99.7 cm³/mol. The number of hydrogen-bond donors (Lipinski definition) is 1. The Morgan fingerprint density at radius 2 is 2.04 bits per heavy atom. The molecule has 1 unspecified atom stereocenters. The maximum Gasteiger partial charge on any atom is 0.236 e. The van der Waals surface area contributed by atoms with Crippen LogP contribution < -0.4 is 10.5 Å². The second-order valence-corrected chi connectivity index (χ2v) is 7.16. The summed E-state index contributed by atoms with van der Waals surface area (Å²) in [6.07, 6.45) is 6.94. The zero-order valence-electron chi connectivity index (χ0n) is 15.2. The summed E-state index contributed by atoms with van der Waals surface area (Å²) in [7, 11) is 0. The fourth-order valence-electron chi connectivity index (χ4n) is 3.99. The number of benzene rings is 1. The molecule has 0 spiro atoms. The van der Waals surface area contributed by atoms with Crippen LogP contribution in [-0.4, -0.2) is 61.1 Å². The van der Waals surface area contributed by atoms with Gasteiger partial charge in [0.05, 0.1) is 13.2 Å². The van der Waals surface area contributed by atoms with Crippen molar-refractivity contribution in [2.24, 2.45) is 5.73 Å². The fourth-order valence-corrected chi connectivity index (χ4v) is 3.99. The van der Waals surface area contributed by atoms with Crippen molar-refractivity contribution in [2.45, 2.75) is 44.6 Å². The first-order valence-corrected chi connectivity index (χ1v) is 9.70. The number of rotatable bonds is 1. The van der Waals surface area contributed by atoms with Crippen molar-refractivity contribution in [3.63, 3.8) is 0 Å². The molecule has 1 fully saturated rings. The second-order valence-electron chi connectivity index (χ2n) is 7.16. The first-order chi connectivity index (χ1) is 12.3. The molecule has 1 amide bonds. The zero-order valence-corrected chi connectivity index (χ0v) is 15.2. The zero-order chi connectivity index (χ0) is 17.5. The van der Waals surface area contributed by atoms with Crippen molar-refractivity contribution in [3.8, 4) is 5.75 Å². The molecule has 0 aromatic heterocycles. The number of piperidine rings is 1. The van der Waals surface area contributed by atoms with Gasteiger partial charge in [-0.15, -0.1) is 0 Å². The smallest absolute Gasteiger partial charge is 0.236 e. The molecule has 1 aromatic carbocycles. The van der Waals surface area contributed by atoms with Crippen molar-refractivity contribution >= 4 is 5.91 Å². The molecule has 1 atom stereocenters. The molecule has 1 saturated heterocycles. The SMILES string of the molecule is NCC(=O)N1CCCOc2cccc(c2)CCC2CCCCN2CC1. The standard InChI is InChI=1S/C20H31N3O2/c21-16-20(24)23-11-4-14-25-19-7-3-5-17(15-19)8-9-18-6-1-2-10-22(18)12-13-23/h3,5,7,15,18H,1-2,4,6,8-14,16,21H2. The van der Waals surface area contributed by atoms with Crippen molar-refractivity contribution < 1.29 is 9.53 Å². The van der Waals surface area contributed by atoms with Crippen LogP contribution in [0.3, 0.4) is 0 Å². The van der Waals surface area contributed by atoms with Crippen molar-refractivity contribution in [3.05, 3.63) is 29.8 Å².